The van der Waals surface area contributed by atoms with Gasteiger partial charge in [-0.3, -0.25) is 9.48 Å². The predicted octanol–water partition coefficient (Wildman–Crippen LogP) is 2.99. The number of anilines is 2. The standard InChI is InChI=1S/C22H24FN5O3/c1-15-12-21(26-27(15)2)25-20-5-3-4-18(24-20)19-13-28(10-11-30-19)22(29)14-31-17-8-6-16(23)7-9-17/h3-9,12,19H,10-11,13-14H2,1-2H3,(H,24,25,26)/t19-/m0/s1. The molecule has 1 fully saturated rings. The minimum Gasteiger partial charge on any atom is -0.484 e. The molecule has 9 heteroatoms. The van der Waals surface area contributed by atoms with Crippen LogP contribution in [0.15, 0.2) is 48.5 Å². The smallest absolute Gasteiger partial charge is 0.260 e. The molecule has 1 aliphatic rings. The van der Waals surface area contributed by atoms with E-state index in [2.05, 4.69) is 15.4 Å². The van der Waals surface area contributed by atoms with Crippen molar-refractivity contribution in [2.75, 3.05) is 31.6 Å². The fourth-order valence-electron chi connectivity index (χ4n) is 3.28. The predicted molar refractivity (Wildman–Crippen MR) is 113 cm³/mol. The number of hydrogen-bond donors (Lipinski definition) is 1. The van der Waals surface area contributed by atoms with E-state index in [9.17, 15) is 9.18 Å². The molecule has 0 radical (unpaired) electrons. The number of hydrogen-bond acceptors (Lipinski definition) is 6. The Morgan fingerprint density at radius 3 is 2.81 bits per heavy atom. The second-order valence-corrected chi connectivity index (χ2v) is 7.31. The molecule has 1 aliphatic heterocycles. The SMILES string of the molecule is Cc1cc(Nc2cccc([C@@H]3CN(C(=O)COc4ccc(F)cc4)CCO3)n2)nn1C. The van der Waals surface area contributed by atoms with Crippen molar-refractivity contribution < 1.29 is 18.7 Å². The summed E-state index contributed by atoms with van der Waals surface area (Å²) >= 11 is 0. The number of ether oxygens (including phenoxy) is 2. The Labute approximate surface area is 179 Å². The van der Waals surface area contributed by atoms with Crippen LogP contribution in [0.2, 0.25) is 0 Å². The van der Waals surface area contributed by atoms with Crippen molar-refractivity contribution in [3.63, 3.8) is 0 Å². The maximum Gasteiger partial charge on any atom is 0.260 e. The number of nitrogens with zero attached hydrogens (tertiary/aromatic N) is 4. The van der Waals surface area contributed by atoms with Crippen LogP contribution in [0.3, 0.4) is 0 Å². The Hall–Kier alpha value is -3.46. The molecule has 1 saturated heterocycles. The van der Waals surface area contributed by atoms with E-state index >= 15 is 0 Å². The number of amides is 1. The molecule has 0 saturated carbocycles. The largest absolute Gasteiger partial charge is 0.484 e. The lowest BCUT2D eigenvalue weighted by Crippen LogP contribution is -2.44. The molecule has 1 N–H and O–H groups in total. The van der Waals surface area contributed by atoms with Crippen molar-refractivity contribution in [2.45, 2.75) is 13.0 Å². The highest BCUT2D eigenvalue weighted by atomic mass is 19.1. The van der Waals surface area contributed by atoms with E-state index in [1.807, 2.05) is 38.2 Å². The number of morpholine rings is 1. The van der Waals surface area contributed by atoms with Gasteiger partial charge in [0.05, 0.1) is 18.8 Å². The molecule has 0 unspecified atom stereocenters. The molecule has 3 heterocycles. The van der Waals surface area contributed by atoms with Crippen molar-refractivity contribution in [2.24, 2.45) is 7.05 Å². The molecule has 1 amide bonds. The number of rotatable bonds is 6. The lowest BCUT2D eigenvalue weighted by molar-refractivity contribution is -0.141. The van der Waals surface area contributed by atoms with Gasteiger partial charge in [-0.15, -0.1) is 0 Å². The summed E-state index contributed by atoms with van der Waals surface area (Å²) in [4.78, 5) is 18.9. The summed E-state index contributed by atoms with van der Waals surface area (Å²) in [6.45, 7) is 3.12. The number of aryl methyl sites for hydroxylation is 2. The van der Waals surface area contributed by atoms with E-state index < -0.39 is 0 Å². The molecule has 3 aromatic rings. The lowest BCUT2D eigenvalue weighted by Gasteiger charge is -2.32. The summed E-state index contributed by atoms with van der Waals surface area (Å²) < 4.78 is 26.1. The zero-order valence-electron chi connectivity index (χ0n) is 17.4. The summed E-state index contributed by atoms with van der Waals surface area (Å²) in [5.74, 6) is 1.31. The second-order valence-electron chi connectivity index (χ2n) is 7.31. The fourth-order valence-corrected chi connectivity index (χ4v) is 3.28. The average molecular weight is 425 g/mol. The number of nitrogens with one attached hydrogen (secondary N) is 1. The fraction of sp³-hybridized carbons (Fsp3) is 0.318. The first kappa shape index (κ1) is 20.8. The minimum absolute atomic E-state index is 0.119. The molecular formula is C22H24FN5O3. The molecule has 1 aromatic carbocycles. The van der Waals surface area contributed by atoms with Gasteiger partial charge in [0.15, 0.2) is 12.4 Å². The van der Waals surface area contributed by atoms with Crippen molar-refractivity contribution in [3.8, 4) is 5.75 Å². The number of benzene rings is 1. The highest BCUT2D eigenvalue weighted by Gasteiger charge is 2.26. The summed E-state index contributed by atoms with van der Waals surface area (Å²) in [5.41, 5.74) is 1.76. The van der Waals surface area contributed by atoms with E-state index in [1.165, 1.54) is 24.3 Å². The number of halogens is 1. The maximum atomic E-state index is 13.0. The van der Waals surface area contributed by atoms with Crippen molar-refractivity contribution in [3.05, 3.63) is 65.7 Å². The summed E-state index contributed by atoms with van der Waals surface area (Å²) in [6.07, 6.45) is -0.337. The van der Waals surface area contributed by atoms with Gasteiger partial charge >= 0.3 is 0 Å². The Kier molecular flexibility index (Phi) is 6.13. The number of carbonyl (C=O) groups is 1. The van der Waals surface area contributed by atoms with E-state index in [0.29, 0.717) is 37.1 Å². The Balaban J connectivity index is 1.37. The van der Waals surface area contributed by atoms with Crippen LogP contribution in [0.1, 0.15) is 17.5 Å². The van der Waals surface area contributed by atoms with Gasteiger partial charge in [-0.25, -0.2) is 9.37 Å². The third-order valence-corrected chi connectivity index (χ3v) is 5.07. The van der Waals surface area contributed by atoms with Crippen LogP contribution in [-0.2, 0) is 16.6 Å². The molecule has 162 valence electrons. The van der Waals surface area contributed by atoms with Crippen LogP contribution in [0, 0.1) is 12.7 Å². The second kappa shape index (κ2) is 9.13. The average Bonchev–Trinajstić information content (AvgIpc) is 3.10. The van der Waals surface area contributed by atoms with E-state index in [4.69, 9.17) is 9.47 Å². The van der Waals surface area contributed by atoms with Gasteiger partial charge in [0, 0.05) is 25.4 Å². The molecule has 1 atom stereocenters. The zero-order chi connectivity index (χ0) is 21.8. The van der Waals surface area contributed by atoms with Crippen LogP contribution >= 0.6 is 0 Å². The maximum absolute atomic E-state index is 13.0. The van der Waals surface area contributed by atoms with E-state index in [1.54, 1.807) is 9.58 Å². The topological polar surface area (TPSA) is 81.5 Å². The van der Waals surface area contributed by atoms with Crippen LogP contribution in [0.25, 0.3) is 0 Å². The first-order valence-electron chi connectivity index (χ1n) is 10.0. The molecule has 0 spiro atoms. The van der Waals surface area contributed by atoms with Crippen LogP contribution in [0.5, 0.6) is 5.75 Å². The van der Waals surface area contributed by atoms with Crippen molar-refractivity contribution in [1.29, 1.82) is 0 Å². The monoisotopic (exact) mass is 425 g/mol. The zero-order valence-corrected chi connectivity index (χ0v) is 17.4. The molecular weight excluding hydrogens is 401 g/mol. The molecule has 2 aromatic heterocycles. The van der Waals surface area contributed by atoms with Gasteiger partial charge in [-0.2, -0.15) is 5.10 Å². The Bertz CT molecular complexity index is 1030. The van der Waals surface area contributed by atoms with Gasteiger partial charge in [0.2, 0.25) is 0 Å². The first-order chi connectivity index (χ1) is 15.0. The highest BCUT2D eigenvalue weighted by molar-refractivity contribution is 5.78. The number of pyridine rings is 1. The van der Waals surface area contributed by atoms with Gasteiger partial charge in [-0.05, 0) is 43.3 Å². The van der Waals surface area contributed by atoms with Gasteiger partial charge < -0.3 is 19.7 Å². The highest BCUT2D eigenvalue weighted by Crippen LogP contribution is 2.23. The molecule has 4 rings (SSSR count). The molecule has 0 bridgehead atoms. The van der Waals surface area contributed by atoms with E-state index in [0.717, 1.165) is 11.4 Å². The van der Waals surface area contributed by atoms with Crippen molar-refractivity contribution in [1.82, 2.24) is 19.7 Å². The summed E-state index contributed by atoms with van der Waals surface area (Å²) in [5, 5.41) is 7.58. The van der Waals surface area contributed by atoms with Crippen LogP contribution < -0.4 is 10.1 Å². The van der Waals surface area contributed by atoms with E-state index in [-0.39, 0.29) is 24.4 Å². The third kappa shape index (κ3) is 5.18. The Morgan fingerprint density at radius 1 is 1.26 bits per heavy atom. The minimum atomic E-state index is -0.350. The normalized spacial score (nSPS) is 16.2. The number of aromatic nitrogens is 3. The summed E-state index contributed by atoms with van der Waals surface area (Å²) in [6, 6.07) is 13.1. The quantitative estimate of drug-likeness (QED) is 0.654. The number of carbonyl (C=O) groups excluding carboxylic acids is 1. The lowest BCUT2D eigenvalue weighted by atomic mass is 10.2. The Morgan fingerprint density at radius 2 is 2.06 bits per heavy atom. The third-order valence-electron chi connectivity index (χ3n) is 5.07. The molecule has 8 nitrogen and oxygen atoms in total. The van der Waals surface area contributed by atoms with Crippen LogP contribution in [-0.4, -0.2) is 51.9 Å². The summed E-state index contributed by atoms with van der Waals surface area (Å²) in [7, 11) is 1.88. The van der Waals surface area contributed by atoms with Gasteiger partial charge in [0.1, 0.15) is 23.5 Å². The first-order valence-corrected chi connectivity index (χ1v) is 10.0. The van der Waals surface area contributed by atoms with Crippen LogP contribution in [0.4, 0.5) is 16.0 Å². The van der Waals surface area contributed by atoms with Gasteiger partial charge in [-0.1, -0.05) is 6.07 Å². The molecule has 31 heavy (non-hydrogen) atoms. The molecule has 0 aliphatic carbocycles. The van der Waals surface area contributed by atoms with Crippen molar-refractivity contribution >= 4 is 17.5 Å². The van der Waals surface area contributed by atoms with Gasteiger partial charge in [0.25, 0.3) is 5.91 Å².